The monoisotopic (exact) mass is 616 g/mol. The molecule has 2 aromatic heterocycles. The Kier molecular flexibility index (Phi) is 11.8. The van der Waals surface area contributed by atoms with Crippen LogP contribution in [0, 0.1) is 0 Å². The molecule has 3 amide bonds. The summed E-state index contributed by atoms with van der Waals surface area (Å²) in [5.41, 5.74) is 14.8. The zero-order valence-corrected chi connectivity index (χ0v) is 24.9. The van der Waals surface area contributed by atoms with Crippen molar-refractivity contribution in [2.45, 2.75) is 62.7 Å². The number of hydrogen-bond donors (Lipinski definition) is 8. The molecule has 0 bridgehead atoms. The number of nitrogens with one attached hydrogen (secondary N) is 5. The lowest BCUT2D eigenvalue weighted by Gasteiger charge is -2.25. The highest BCUT2D eigenvalue weighted by atomic mass is 16.4. The van der Waals surface area contributed by atoms with Gasteiger partial charge in [-0.25, -0.2) is 9.78 Å². The van der Waals surface area contributed by atoms with Crippen LogP contribution in [0.25, 0.3) is 10.9 Å². The number of imidazole rings is 1. The van der Waals surface area contributed by atoms with Gasteiger partial charge in [0.2, 0.25) is 17.7 Å². The zero-order chi connectivity index (χ0) is 32.2. The first-order valence-corrected chi connectivity index (χ1v) is 14.9. The molecule has 0 spiro atoms. The number of nitrogens with two attached hydrogens (primary N) is 2. The largest absolute Gasteiger partial charge is 0.480 e. The smallest absolute Gasteiger partial charge is 0.326 e. The maximum Gasteiger partial charge on any atom is 0.326 e. The Balaban J connectivity index is 1.57. The Morgan fingerprint density at radius 3 is 2.16 bits per heavy atom. The molecule has 2 heterocycles. The van der Waals surface area contributed by atoms with Crippen molar-refractivity contribution >= 4 is 34.6 Å². The summed E-state index contributed by atoms with van der Waals surface area (Å²) in [6.45, 7) is 0.405. The predicted molar refractivity (Wildman–Crippen MR) is 169 cm³/mol. The van der Waals surface area contributed by atoms with Gasteiger partial charge in [0.05, 0.1) is 12.4 Å². The molecule has 10 N–H and O–H groups in total. The minimum atomic E-state index is -1.18. The second kappa shape index (κ2) is 16.2. The summed E-state index contributed by atoms with van der Waals surface area (Å²) in [4.78, 5) is 62.6. The first kappa shape index (κ1) is 32.9. The van der Waals surface area contributed by atoms with Gasteiger partial charge in [-0.2, -0.15) is 0 Å². The van der Waals surface area contributed by atoms with Crippen LogP contribution in [0.1, 0.15) is 36.1 Å². The second-order valence-corrected chi connectivity index (χ2v) is 10.9. The SMILES string of the molecule is NCCCC[C@H](NC(=O)[C@H](Cc1ccccc1)NC(=O)[C@H](Cc1c[nH]c2ccccc12)NC(=O)[C@@H](N)Cc1cnc[nH]1)C(=O)O. The molecule has 0 saturated carbocycles. The van der Waals surface area contributed by atoms with Gasteiger partial charge < -0.3 is 42.5 Å². The van der Waals surface area contributed by atoms with E-state index in [-0.39, 0.29) is 25.7 Å². The fourth-order valence-electron chi connectivity index (χ4n) is 5.09. The van der Waals surface area contributed by atoms with Crippen molar-refractivity contribution in [2.24, 2.45) is 11.5 Å². The highest BCUT2D eigenvalue weighted by Crippen LogP contribution is 2.19. The van der Waals surface area contributed by atoms with Crippen molar-refractivity contribution in [3.05, 3.63) is 90.1 Å². The van der Waals surface area contributed by atoms with E-state index in [0.717, 1.165) is 22.0 Å². The molecular weight excluding hydrogens is 576 g/mol. The van der Waals surface area contributed by atoms with E-state index in [4.69, 9.17) is 11.5 Å². The second-order valence-electron chi connectivity index (χ2n) is 10.9. The number of H-pyrrole nitrogens is 2. The van der Waals surface area contributed by atoms with Gasteiger partial charge in [-0.1, -0.05) is 48.5 Å². The average molecular weight is 617 g/mol. The van der Waals surface area contributed by atoms with E-state index in [2.05, 4.69) is 30.9 Å². The number of fused-ring (bicyclic) bond motifs is 1. The lowest BCUT2D eigenvalue weighted by molar-refractivity contribution is -0.142. The summed E-state index contributed by atoms with van der Waals surface area (Å²) in [6, 6.07) is 12.3. The van der Waals surface area contributed by atoms with Crippen LogP contribution in [0.4, 0.5) is 0 Å². The van der Waals surface area contributed by atoms with Crippen LogP contribution in [0.15, 0.2) is 73.3 Å². The predicted octanol–water partition coefficient (Wildman–Crippen LogP) is 0.914. The molecule has 0 unspecified atom stereocenters. The minimum absolute atomic E-state index is 0.0979. The van der Waals surface area contributed by atoms with E-state index >= 15 is 0 Å². The van der Waals surface area contributed by atoms with Crippen LogP contribution in [0.5, 0.6) is 0 Å². The summed E-state index contributed by atoms with van der Waals surface area (Å²) in [6.07, 6.45) is 6.52. The fourth-order valence-corrected chi connectivity index (χ4v) is 5.09. The Morgan fingerprint density at radius 2 is 1.47 bits per heavy atom. The number of rotatable bonds is 17. The molecule has 0 aliphatic rings. The fraction of sp³-hybridized carbons (Fsp3) is 0.344. The summed E-state index contributed by atoms with van der Waals surface area (Å²) in [5, 5.41) is 18.7. The quantitative estimate of drug-likeness (QED) is 0.0795. The van der Waals surface area contributed by atoms with Crippen LogP contribution < -0.4 is 27.4 Å². The molecule has 0 saturated heterocycles. The lowest BCUT2D eigenvalue weighted by atomic mass is 10.0. The molecule has 45 heavy (non-hydrogen) atoms. The third-order valence-corrected chi connectivity index (χ3v) is 7.54. The van der Waals surface area contributed by atoms with Crippen LogP contribution in [0.3, 0.4) is 0 Å². The Morgan fingerprint density at radius 1 is 0.800 bits per heavy atom. The highest BCUT2D eigenvalue weighted by Gasteiger charge is 2.31. The number of carboxylic acids is 1. The Labute approximate surface area is 260 Å². The molecule has 238 valence electrons. The minimum Gasteiger partial charge on any atom is -0.480 e. The zero-order valence-electron chi connectivity index (χ0n) is 24.9. The average Bonchev–Trinajstić information content (AvgIpc) is 3.70. The number of unbranched alkanes of at least 4 members (excludes halogenated alkanes) is 1. The molecular formula is C32H40N8O5. The van der Waals surface area contributed by atoms with E-state index in [1.807, 2.05) is 42.5 Å². The van der Waals surface area contributed by atoms with Crippen molar-refractivity contribution in [3.8, 4) is 0 Å². The van der Waals surface area contributed by atoms with Crippen LogP contribution in [-0.2, 0) is 38.4 Å². The number of nitrogens with zero attached hydrogens (tertiary/aromatic N) is 1. The Bertz CT molecular complexity index is 1560. The molecule has 0 radical (unpaired) electrons. The number of amides is 3. The van der Waals surface area contributed by atoms with Crippen LogP contribution in [-0.4, -0.2) is 74.5 Å². The summed E-state index contributed by atoms with van der Waals surface area (Å²) in [7, 11) is 0. The number of aromatic nitrogens is 3. The number of aromatic amines is 2. The summed E-state index contributed by atoms with van der Waals surface area (Å²) >= 11 is 0. The van der Waals surface area contributed by atoms with Gasteiger partial charge in [-0.3, -0.25) is 14.4 Å². The highest BCUT2D eigenvalue weighted by molar-refractivity contribution is 5.95. The van der Waals surface area contributed by atoms with E-state index in [1.54, 1.807) is 24.5 Å². The third kappa shape index (κ3) is 9.49. The topological polar surface area (TPSA) is 221 Å². The molecule has 0 fully saturated rings. The third-order valence-electron chi connectivity index (χ3n) is 7.54. The normalized spacial score (nSPS) is 13.8. The first-order chi connectivity index (χ1) is 21.7. The maximum absolute atomic E-state index is 13.9. The van der Waals surface area contributed by atoms with Gasteiger partial charge in [0.25, 0.3) is 0 Å². The molecule has 13 nitrogen and oxygen atoms in total. The number of para-hydroxylation sites is 1. The van der Waals surface area contributed by atoms with Crippen molar-refractivity contribution in [3.63, 3.8) is 0 Å². The number of carbonyl (C=O) groups excluding carboxylic acids is 3. The van der Waals surface area contributed by atoms with Gasteiger partial charge in [-0.15, -0.1) is 0 Å². The molecule has 4 rings (SSSR count). The number of aliphatic carboxylic acids is 1. The van der Waals surface area contributed by atoms with E-state index in [9.17, 15) is 24.3 Å². The van der Waals surface area contributed by atoms with Gasteiger partial charge in [0, 0.05) is 48.3 Å². The van der Waals surface area contributed by atoms with Crippen molar-refractivity contribution in [1.82, 2.24) is 30.9 Å². The van der Waals surface area contributed by atoms with Crippen molar-refractivity contribution in [2.75, 3.05) is 6.54 Å². The van der Waals surface area contributed by atoms with E-state index in [1.165, 1.54) is 6.33 Å². The number of carbonyl (C=O) groups is 4. The molecule has 2 aromatic carbocycles. The summed E-state index contributed by atoms with van der Waals surface area (Å²) in [5.74, 6) is -3.01. The van der Waals surface area contributed by atoms with E-state index in [0.29, 0.717) is 25.1 Å². The Hall–Kier alpha value is -5.01. The number of hydrogen-bond acceptors (Lipinski definition) is 7. The summed E-state index contributed by atoms with van der Waals surface area (Å²) < 4.78 is 0. The van der Waals surface area contributed by atoms with Crippen LogP contribution >= 0.6 is 0 Å². The van der Waals surface area contributed by atoms with Crippen LogP contribution in [0.2, 0.25) is 0 Å². The van der Waals surface area contributed by atoms with Gasteiger partial charge in [0.1, 0.15) is 18.1 Å². The molecule has 0 aliphatic heterocycles. The van der Waals surface area contributed by atoms with E-state index < -0.39 is 47.9 Å². The molecule has 4 aromatic rings. The van der Waals surface area contributed by atoms with Gasteiger partial charge in [-0.05, 0) is 43.0 Å². The first-order valence-electron chi connectivity index (χ1n) is 14.9. The molecule has 13 heteroatoms. The van der Waals surface area contributed by atoms with Crippen molar-refractivity contribution in [1.29, 1.82) is 0 Å². The standard InChI is InChI=1S/C32H40N8O5/c33-13-7-6-12-26(32(44)45)38-30(42)27(14-20-8-2-1-3-9-20)40-31(43)28(15-21-17-36-25-11-5-4-10-23(21)25)39-29(41)24(34)16-22-18-35-19-37-22/h1-5,8-11,17-19,24,26-28,36H,6-7,12-16,33-34H2,(H,35,37)(H,38,42)(H,39,41)(H,40,43)(H,44,45)/t24-,26-,27-,28-/m0/s1. The number of benzene rings is 2. The molecule has 0 aliphatic carbocycles. The van der Waals surface area contributed by atoms with Gasteiger partial charge in [0.15, 0.2) is 0 Å². The lowest BCUT2D eigenvalue weighted by Crippen LogP contribution is -2.58. The van der Waals surface area contributed by atoms with Crippen molar-refractivity contribution < 1.29 is 24.3 Å². The maximum atomic E-state index is 13.9. The molecule has 4 atom stereocenters. The van der Waals surface area contributed by atoms with Gasteiger partial charge >= 0.3 is 5.97 Å². The number of carboxylic acid groups (broad SMARTS) is 1.